The van der Waals surface area contributed by atoms with E-state index in [2.05, 4.69) is 0 Å². The normalized spacial score (nSPS) is 16.4. The Bertz CT molecular complexity index is 1270. The van der Waals surface area contributed by atoms with Gasteiger partial charge in [-0.05, 0) is 30.3 Å². The van der Waals surface area contributed by atoms with Gasteiger partial charge in [0.1, 0.15) is 29.8 Å². The third kappa shape index (κ3) is 4.42. The van der Waals surface area contributed by atoms with Gasteiger partial charge in [0.2, 0.25) is 5.91 Å². The maximum Gasteiger partial charge on any atom is 0.323 e. The van der Waals surface area contributed by atoms with Gasteiger partial charge < -0.3 is 5.11 Å². The van der Waals surface area contributed by atoms with Crippen LogP contribution in [0.15, 0.2) is 42.5 Å². The van der Waals surface area contributed by atoms with E-state index < -0.39 is 46.5 Å². The SMILES string of the molecule is CC(C)(C)c1nn(-c2ccc(F)cc2)c2c1C(c1ccc(F)cc1F)SCC(=O)N2CC(=O)O. The predicted molar refractivity (Wildman–Crippen MR) is 123 cm³/mol. The number of aliphatic carboxylic acids is 1. The number of carboxylic acid groups (broad SMARTS) is 1. The molecule has 1 atom stereocenters. The molecule has 2 aromatic carbocycles. The summed E-state index contributed by atoms with van der Waals surface area (Å²) in [5.74, 6) is -3.68. The highest BCUT2D eigenvalue weighted by Gasteiger charge is 2.40. The van der Waals surface area contributed by atoms with Crippen molar-refractivity contribution in [1.29, 1.82) is 0 Å². The van der Waals surface area contributed by atoms with Crippen molar-refractivity contribution in [1.82, 2.24) is 9.78 Å². The van der Waals surface area contributed by atoms with Crippen LogP contribution in [0.4, 0.5) is 19.0 Å². The predicted octanol–water partition coefficient (Wildman–Crippen LogP) is 4.84. The van der Waals surface area contributed by atoms with Crippen molar-refractivity contribution in [2.45, 2.75) is 31.4 Å². The van der Waals surface area contributed by atoms with E-state index in [0.29, 0.717) is 16.9 Å². The molecule has 0 saturated heterocycles. The van der Waals surface area contributed by atoms with Crippen LogP contribution in [0.1, 0.15) is 42.8 Å². The van der Waals surface area contributed by atoms with E-state index in [1.165, 1.54) is 35.0 Å². The molecule has 0 fully saturated rings. The lowest BCUT2D eigenvalue weighted by Crippen LogP contribution is -2.38. The van der Waals surface area contributed by atoms with Crippen LogP contribution >= 0.6 is 11.8 Å². The number of carbonyl (C=O) groups excluding carboxylic acids is 1. The maximum atomic E-state index is 15.0. The molecule has 0 aliphatic carbocycles. The minimum atomic E-state index is -1.24. The number of rotatable bonds is 4. The number of fused-ring (bicyclic) bond motifs is 1. The number of amides is 1. The number of anilines is 1. The Morgan fingerprint density at radius 2 is 1.76 bits per heavy atom. The van der Waals surface area contributed by atoms with Gasteiger partial charge in [0.25, 0.3) is 0 Å². The van der Waals surface area contributed by atoms with Crippen molar-refractivity contribution in [2.75, 3.05) is 17.2 Å². The zero-order valence-corrected chi connectivity index (χ0v) is 19.5. The first-order chi connectivity index (χ1) is 16.0. The van der Waals surface area contributed by atoms with Crippen LogP contribution in [0, 0.1) is 17.5 Å². The quantitative estimate of drug-likeness (QED) is 0.568. The van der Waals surface area contributed by atoms with Crippen LogP contribution in [0.3, 0.4) is 0 Å². The van der Waals surface area contributed by atoms with Gasteiger partial charge in [0.15, 0.2) is 0 Å². The molecule has 0 bridgehead atoms. The number of hydrogen-bond donors (Lipinski definition) is 1. The lowest BCUT2D eigenvalue weighted by Gasteiger charge is -2.24. The summed E-state index contributed by atoms with van der Waals surface area (Å²) in [6.45, 7) is 5.03. The number of benzene rings is 2. The first-order valence-electron chi connectivity index (χ1n) is 10.5. The third-order valence-electron chi connectivity index (χ3n) is 5.41. The van der Waals surface area contributed by atoms with Crippen LogP contribution in [0.5, 0.6) is 0 Å². The Morgan fingerprint density at radius 3 is 2.35 bits per heavy atom. The number of hydrogen-bond acceptors (Lipinski definition) is 4. The van der Waals surface area contributed by atoms with Crippen molar-refractivity contribution >= 4 is 29.5 Å². The summed E-state index contributed by atoms with van der Waals surface area (Å²) in [6.07, 6.45) is 0. The molecule has 0 radical (unpaired) electrons. The Balaban J connectivity index is 2.08. The van der Waals surface area contributed by atoms with Crippen LogP contribution in [0.2, 0.25) is 0 Å². The lowest BCUT2D eigenvalue weighted by molar-refractivity contribution is -0.136. The van der Waals surface area contributed by atoms with Gasteiger partial charge in [-0.25, -0.2) is 17.9 Å². The standard InChI is InChI=1S/C24H22F3N3O3S/c1-24(2,3)22-20-21(16-9-6-14(26)10-17(16)27)34-12-18(31)29(11-19(32)33)23(20)30(28-22)15-7-4-13(25)5-8-15/h4-10,21H,11-12H2,1-3H3,(H,32,33). The van der Waals surface area contributed by atoms with Crippen molar-refractivity contribution in [3.8, 4) is 5.69 Å². The van der Waals surface area contributed by atoms with Crippen LogP contribution in [-0.4, -0.2) is 39.1 Å². The number of aromatic nitrogens is 2. The smallest absolute Gasteiger partial charge is 0.323 e. The Morgan fingerprint density at radius 1 is 1.12 bits per heavy atom. The van der Waals surface area contributed by atoms with Gasteiger partial charge >= 0.3 is 5.97 Å². The van der Waals surface area contributed by atoms with E-state index in [1.54, 1.807) is 0 Å². The molecule has 1 aliphatic rings. The van der Waals surface area contributed by atoms with E-state index in [9.17, 15) is 27.9 Å². The van der Waals surface area contributed by atoms with E-state index >= 15 is 0 Å². The number of carboxylic acids is 1. The van der Waals surface area contributed by atoms with Crippen LogP contribution in [-0.2, 0) is 15.0 Å². The molecule has 3 aromatic rings. The first-order valence-corrected chi connectivity index (χ1v) is 11.5. The van der Waals surface area contributed by atoms with Crippen molar-refractivity contribution < 1.29 is 27.9 Å². The maximum absolute atomic E-state index is 15.0. The average molecular weight is 490 g/mol. The highest BCUT2D eigenvalue weighted by atomic mass is 32.2. The molecule has 1 N–H and O–H groups in total. The number of nitrogens with zero attached hydrogens (tertiary/aromatic N) is 3. The zero-order chi connectivity index (χ0) is 24.8. The fourth-order valence-electron chi connectivity index (χ4n) is 3.93. The van der Waals surface area contributed by atoms with Gasteiger partial charge in [0.05, 0.1) is 22.4 Å². The Hall–Kier alpha value is -3.27. The summed E-state index contributed by atoms with van der Waals surface area (Å²) in [5.41, 5.74) is 0.938. The number of thioether (sulfide) groups is 1. The van der Waals surface area contributed by atoms with Gasteiger partial charge in [-0.15, -0.1) is 11.8 Å². The largest absolute Gasteiger partial charge is 0.480 e. The highest BCUT2D eigenvalue weighted by Crippen LogP contribution is 2.48. The summed E-state index contributed by atoms with van der Waals surface area (Å²) in [5, 5.41) is 13.5. The van der Waals surface area contributed by atoms with E-state index in [4.69, 9.17) is 5.10 Å². The monoisotopic (exact) mass is 489 g/mol. The van der Waals surface area contributed by atoms with Crippen LogP contribution < -0.4 is 4.90 Å². The van der Waals surface area contributed by atoms with E-state index in [-0.39, 0.29) is 17.1 Å². The molecule has 0 spiro atoms. The summed E-state index contributed by atoms with van der Waals surface area (Å²) in [7, 11) is 0. The molecule has 1 amide bonds. The first kappa shape index (κ1) is 23.9. The number of halogens is 3. The van der Waals surface area contributed by atoms with Crippen molar-refractivity contribution in [3.63, 3.8) is 0 Å². The molecule has 178 valence electrons. The molecule has 34 heavy (non-hydrogen) atoms. The summed E-state index contributed by atoms with van der Waals surface area (Å²) in [4.78, 5) is 25.9. The summed E-state index contributed by atoms with van der Waals surface area (Å²) < 4.78 is 43.6. The highest BCUT2D eigenvalue weighted by molar-refractivity contribution is 8.00. The summed E-state index contributed by atoms with van der Waals surface area (Å²) in [6, 6.07) is 8.62. The van der Waals surface area contributed by atoms with Crippen molar-refractivity contribution in [2.24, 2.45) is 0 Å². The second kappa shape index (κ2) is 8.83. The van der Waals surface area contributed by atoms with Gasteiger partial charge in [-0.2, -0.15) is 5.10 Å². The van der Waals surface area contributed by atoms with E-state index in [1.807, 2.05) is 20.8 Å². The van der Waals surface area contributed by atoms with Gasteiger partial charge in [-0.3, -0.25) is 14.5 Å². The van der Waals surface area contributed by atoms with Crippen LogP contribution in [0.25, 0.3) is 5.69 Å². The molecule has 6 nitrogen and oxygen atoms in total. The number of carbonyl (C=O) groups is 2. The topological polar surface area (TPSA) is 75.4 Å². The molecule has 10 heteroatoms. The zero-order valence-electron chi connectivity index (χ0n) is 18.7. The molecule has 1 aromatic heterocycles. The Labute approximate surface area is 198 Å². The molecule has 1 unspecified atom stereocenters. The third-order valence-corrected chi connectivity index (χ3v) is 6.65. The molecule has 2 heterocycles. The van der Waals surface area contributed by atoms with Crippen molar-refractivity contribution in [3.05, 3.63) is 76.7 Å². The average Bonchev–Trinajstić information content (AvgIpc) is 3.08. The summed E-state index contributed by atoms with van der Waals surface area (Å²) >= 11 is 1.12. The molecule has 4 rings (SSSR count). The fraction of sp³-hybridized carbons (Fsp3) is 0.292. The molecule has 1 aliphatic heterocycles. The van der Waals surface area contributed by atoms with Gasteiger partial charge in [0, 0.05) is 22.6 Å². The Kier molecular flexibility index (Phi) is 6.20. The molecule has 0 saturated carbocycles. The van der Waals surface area contributed by atoms with Gasteiger partial charge in [-0.1, -0.05) is 26.8 Å². The van der Waals surface area contributed by atoms with E-state index in [0.717, 1.165) is 28.8 Å². The second-order valence-corrected chi connectivity index (χ2v) is 10.0. The minimum absolute atomic E-state index is 0.129. The fourth-order valence-corrected chi connectivity index (χ4v) is 5.15. The minimum Gasteiger partial charge on any atom is -0.480 e. The molecular weight excluding hydrogens is 467 g/mol. The molecular formula is C24H22F3N3O3S. The second-order valence-electron chi connectivity index (χ2n) is 8.95. The lowest BCUT2D eigenvalue weighted by atomic mass is 9.87.